The molecule has 0 aliphatic heterocycles. The maximum Gasteiger partial charge on any atom is 0.417 e. The molecule has 0 aromatic heterocycles. The van der Waals surface area contributed by atoms with Gasteiger partial charge in [-0.25, -0.2) is 0 Å². The number of rotatable bonds is 3. The molecule has 0 saturated carbocycles. The summed E-state index contributed by atoms with van der Waals surface area (Å²) in [5.41, 5.74) is 2.44. The third kappa shape index (κ3) is 5.61. The van der Waals surface area contributed by atoms with Crippen molar-refractivity contribution in [3.8, 4) is 11.1 Å². The molecule has 5 N–H and O–H groups in total. The maximum absolute atomic E-state index is 13.8. The Morgan fingerprint density at radius 1 is 0.600 bits per heavy atom. The summed E-state index contributed by atoms with van der Waals surface area (Å²) in [7, 11) is 0. The van der Waals surface area contributed by atoms with E-state index in [9.17, 15) is 44.3 Å². The van der Waals surface area contributed by atoms with E-state index in [1.54, 1.807) is 0 Å². The quantitative estimate of drug-likeness (QED) is 0.269. The highest BCUT2D eigenvalue weighted by atomic mass is 19.4. The lowest BCUT2D eigenvalue weighted by atomic mass is 9.93. The second kappa shape index (κ2) is 8.71. The number of hydrogen-bond donors (Lipinski definition) is 3. The first-order chi connectivity index (χ1) is 16.0. The van der Waals surface area contributed by atoms with Crippen LogP contribution in [0.4, 0.5) is 56.6 Å². The molecule has 1 amide bonds. The molecule has 35 heavy (non-hydrogen) atoms. The standard InChI is InChI=1S/C22H14F9N3O/c23-20(24,25)16-7-10(32)1-4-13(16)14-6-3-12(9-18(14)22(29,30)31)34-19(35)15-5-2-11(33)8-17(15)21(26,27)28/h1-9H,32-33H2,(H,34,35). The van der Waals surface area contributed by atoms with Crippen LogP contribution in [0.3, 0.4) is 0 Å². The summed E-state index contributed by atoms with van der Waals surface area (Å²) in [5, 5.41) is 1.91. The first-order valence-electron chi connectivity index (χ1n) is 9.45. The van der Waals surface area contributed by atoms with Crippen molar-refractivity contribution < 1.29 is 44.3 Å². The molecule has 3 aromatic rings. The molecule has 3 aromatic carbocycles. The van der Waals surface area contributed by atoms with Gasteiger partial charge < -0.3 is 16.8 Å². The first kappa shape index (κ1) is 25.7. The molecular formula is C22H14F9N3O. The van der Waals surface area contributed by atoms with Gasteiger partial charge in [-0.15, -0.1) is 0 Å². The number of halogens is 9. The lowest BCUT2D eigenvalue weighted by Gasteiger charge is -2.19. The number of nitrogens with two attached hydrogens (primary N) is 2. The van der Waals surface area contributed by atoms with Gasteiger partial charge in [0.05, 0.1) is 22.3 Å². The molecule has 3 rings (SSSR count). The molecule has 0 bridgehead atoms. The fraction of sp³-hybridized carbons (Fsp3) is 0.136. The fourth-order valence-electron chi connectivity index (χ4n) is 3.32. The van der Waals surface area contributed by atoms with Gasteiger partial charge in [0.2, 0.25) is 0 Å². The van der Waals surface area contributed by atoms with E-state index < -0.39 is 63.5 Å². The largest absolute Gasteiger partial charge is 0.417 e. The topological polar surface area (TPSA) is 81.1 Å². The average molecular weight is 507 g/mol. The van der Waals surface area contributed by atoms with Crippen molar-refractivity contribution in [2.75, 3.05) is 16.8 Å². The van der Waals surface area contributed by atoms with Crippen LogP contribution in [0.15, 0.2) is 54.6 Å². The van der Waals surface area contributed by atoms with Gasteiger partial charge in [0.15, 0.2) is 0 Å². The predicted molar refractivity (Wildman–Crippen MR) is 110 cm³/mol. The summed E-state index contributed by atoms with van der Waals surface area (Å²) in [6.07, 6.45) is -15.2. The van der Waals surface area contributed by atoms with Crippen molar-refractivity contribution in [1.29, 1.82) is 0 Å². The Hall–Kier alpha value is -3.90. The van der Waals surface area contributed by atoms with Crippen LogP contribution in [0.25, 0.3) is 11.1 Å². The van der Waals surface area contributed by atoms with Crippen LogP contribution < -0.4 is 16.8 Å². The smallest absolute Gasteiger partial charge is 0.399 e. The van der Waals surface area contributed by atoms with Crippen molar-refractivity contribution in [2.24, 2.45) is 0 Å². The number of nitrogens with one attached hydrogen (secondary N) is 1. The molecule has 0 radical (unpaired) electrons. The van der Waals surface area contributed by atoms with Crippen LogP contribution in [0, 0.1) is 0 Å². The van der Waals surface area contributed by atoms with E-state index in [0.29, 0.717) is 24.3 Å². The predicted octanol–water partition coefficient (Wildman–Crippen LogP) is 6.83. The SMILES string of the molecule is Nc1ccc(C(=O)Nc2ccc(-c3ccc(N)cc3C(F)(F)F)c(C(F)(F)F)c2)c(C(F)(F)F)c1. The highest BCUT2D eigenvalue weighted by Crippen LogP contribution is 2.44. The minimum Gasteiger partial charge on any atom is -0.399 e. The van der Waals surface area contributed by atoms with Crippen molar-refractivity contribution in [2.45, 2.75) is 18.5 Å². The summed E-state index contributed by atoms with van der Waals surface area (Å²) in [4.78, 5) is 12.4. The van der Waals surface area contributed by atoms with Gasteiger partial charge in [0, 0.05) is 17.1 Å². The second-order valence-corrected chi connectivity index (χ2v) is 7.32. The molecular weight excluding hydrogens is 493 g/mol. The van der Waals surface area contributed by atoms with Crippen LogP contribution in [0.5, 0.6) is 0 Å². The minimum absolute atomic E-state index is 0.304. The molecule has 4 nitrogen and oxygen atoms in total. The molecule has 0 spiro atoms. The highest BCUT2D eigenvalue weighted by Gasteiger charge is 2.39. The molecule has 0 aliphatic rings. The molecule has 0 saturated heterocycles. The Bertz CT molecular complexity index is 1280. The summed E-state index contributed by atoms with van der Waals surface area (Å²) in [6, 6.07) is 6.30. The Kier molecular flexibility index (Phi) is 6.40. The Balaban J connectivity index is 2.10. The van der Waals surface area contributed by atoms with E-state index in [1.165, 1.54) is 0 Å². The number of alkyl halides is 9. The molecule has 0 atom stereocenters. The van der Waals surface area contributed by atoms with Crippen molar-refractivity contribution in [1.82, 2.24) is 0 Å². The Labute approximate surface area is 191 Å². The number of benzene rings is 3. The van der Waals surface area contributed by atoms with E-state index >= 15 is 0 Å². The van der Waals surface area contributed by atoms with E-state index in [2.05, 4.69) is 0 Å². The summed E-state index contributed by atoms with van der Waals surface area (Å²) in [6.45, 7) is 0. The molecule has 0 aliphatic carbocycles. The van der Waals surface area contributed by atoms with Gasteiger partial charge >= 0.3 is 18.5 Å². The first-order valence-corrected chi connectivity index (χ1v) is 9.45. The number of amides is 1. The van der Waals surface area contributed by atoms with E-state index in [0.717, 1.165) is 30.3 Å². The second-order valence-electron chi connectivity index (χ2n) is 7.32. The monoisotopic (exact) mass is 507 g/mol. The van der Waals surface area contributed by atoms with Gasteiger partial charge in [-0.2, -0.15) is 39.5 Å². The molecule has 13 heteroatoms. The Morgan fingerprint density at radius 2 is 1.03 bits per heavy atom. The van der Waals surface area contributed by atoms with Gasteiger partial charge in [-0.3, -0.25) is 4.79 Å². The number of anilines is 3. The van der Waals surface area contributed by atoms with Crippen LogP contribution in [0.1, 0.15) is 27.0 Å². The number of carbonyl (C=O) groups is 1. The van der Waals surface area contributed by atoms with Crippen molar-refractivity contribution >= 4 is 23.0 Å². The van der Waals surface area contributed by atoms with Gasteiger partial charge in [0.1, 0.15) is 0 Å². The van der Waals surface area contributed by atoms with E-state index in [-0.39, 0.29) is 11.4 Å². The maximum atomic E-state index is 13.8. The number of nitrogen functional groups attached to an aromatic ring is 2. The van der Waals surface area contributed by atoms with E-state index in [4.69, 9.17) is 11.5 Å². The molecule has 186 valence electrons. The molecule has 0 heterocycles. The average Bonchev–Trinajstić information content (AvgIpc) is 2.72. The zero-order chi connectivity index (χ0) is 26.3. The van der Waals surface area contributed by atoms with Crippen molar-refractivity contribution in [3.63, 3.8) is 0 Å². The van der Waals surface area contributed by atoms with Gasteiger partial charge in [0.25, 0.3) is 5.91 Å². The Morgan fingerprint density at radius 3 is 1.54 bits per heavy atom. The molecule has 0 fully saturated rings. The zero-order valence-electron chi connectivity index (χ0n) is 17.2. The zero-order valence-corrected chi connectivity index (χ0v) is 17.2. The van der Waals surface area contributed by atoms with E-state index in [1.807, 2.05) is 5.32 Å². The molecule has 0 unspecified atom stereocenters. The fourth-order valence-corrected chi connectivity index (χ4v) is 3.32. The minimum atomic E-state index is -5.18. The third-order valence-corrected chi connectivity index (χ3v) is 4.82. The van der Waals surface area contributed by atoms with Crippen LogP contribution in [-0.4, -0.2) is 5.91 Å². The lowest BCUT2D eigenvalue weighted by Crippen LogP contribution is -2.19. The number of hydrogen-bond acceptors (Lipinski definition) is 3. The van der Waals surface area contributed by atoms with Crippen molar-refractivity contribution in [3.05, 3.63) is 76.9 Å². The summed E-state index contributed by atoms with van der Waals surface area (Å²) in [5.74, 6) is -1.40. The van der Waals surface area contributed by atoms with Crippen LogP contribution >= 0.6 is 0 Å². The lowest BCUT2D eigenvalue weighted by molar-refractivity contribution is -0.139. The third-order valence-electron chi connectivity index (χ3n) is 4.82. The van der Waals surface area contributed by atoms with Gasteiger partial charge in [-0.05, 0) is 53.6 Å². The van der Waals surface area contributed by atoms with Gasteiger partial charge in [-0.1, -0.05) is 12.1 Å². The summed E-state index contributed by atoms with van der Waals surface area (Å²) >= 11 is 0. The summed E-state index contributed by atoms with van der Waals surface area (Å²) < 4.78 is 121. The normalized spacial score (nSPS) is 12.5. The number of carbonyl (C=O) groups excluding carboxylic acids is 1. The highest BCUT2D eigenvalue weighted by molar-refractivity contribution is 6.06. The van der Waals surface area contributed by atoms with Crippen LogP contribution in [-0.2, 0) is 18.5 Å². The van der Waals surface area contributed by atoms with Crippen LogP contribution in [0.2, 0.25) is 0 Å².